The van der Waals surface area contributed by atoms with Crippen molar-refractivity contribution in [2.45, 2.75) is 13.3 Å². The van der Waals surface area contributed by atoms with E-state index < -0.39 is 5.91 Å². The van der Waals surface area contributed by atoms with Gasteiger partial charge in [-0.2, -0.15) is 5.10 Å². The first kappa shape index (κ1) is 15.4. The predicted octanol–water partition coefficient (Wildman–Crippen LogP) is 2.35. The van der Waals surface area contributed by atoms with Crippen molar-refractivity contribution in [1.29, 1.82) is 0 Å². The molecular weight excluding hydrogens is 284 g/mol. The monoisotopic (exact) mass is 300 g/mol. The molecule has 2 rings (SSSR count). The minimum absolute atomic E-state index is 0.0130. The van der Waals surface area contributed by atoms with Crippen molar-refractivity contribution < 1.29 is 20.1 Å². The lowest BCUT2D eigenvalue weighted by Crippen LogP contribution is -2.20. The molecule has 6 nitrogen and oxygen atoms in total. The van der Waals surface area contributed by atoms with Crippen LogP contribution in [0.3, 0.4) is 0 Å². The van der Waals surface area contributed by atoms with Crippen LogP contribution in [0, 0.1) is 0 Å². The molecule has 2 aromatic rings. The molecule has 0 aliphatic rings. The molecule has 0 saturated heterocycles. The zero-order valence-corrected chi connectivity index (χ0v) is 11.9. The van der Waals surface area contributed by atoms with E-state index in [0.717, 1.165) is 0 Å². The molecule has 0 fully saturated rings. The Morgan fingerprint density at radius 3 is 2.41 bits per heavy atom. The molecule has 1 amide bonds. The summed E-state index contributed by atoms with van der Waals surface area (Å²) in [5.41, 5.74) is 3.16. The van der Waals surface area contributed by atoms with E-state index in [-0.39, 0.29) is 22.8 Å². The molecule has 6 heteroatoms. The third-order valence-electron chi connectivity index (χ3n) is 3.07. The minimum Gasteiger partial charge on any atom is -0.508 e. The lowest BCUT2D eigenvalue weighted by atomic mass is 10.1. The second-order valence-corrected chi connectivity index (χ2v) is 4.57. The van der Waals surface area contributed by atoms with Crippen molar-refractivity contribution >= 4 is 11.6 Å². The van der Waals surface area contributed by atoms with Gasteiger partial charge in [-0.1, -0.05) is 19.1 Å². The van der Waals surface area contributed by atoms with Crippen molar-refractivity contribution in [2.24, 2.45) is 5.10 Å². The summed E-state index contributed by atoms with van der Waals surface area (Å²) in [6.45, 7) is 1.80. The van der Waals surface area contributed by atoms with E-state index in [0.29, 0.717) is 17.7 Å². The topological polar surface area (TPSA) is 102 Å². The molecular formula is C16H16N2O4. The first-order valence-electron chi connectivity index (χ1n) is 6.70. The van der Waals surface area contributed by atoms with E-state index in [4.69, 9.17) is 0 Å². The van der Waals surface area contributed by atoms with Gasteiger partial charge in [0.15, 0.2) is 0 Å². The van der Waals surface area contributed by atoms with Gasteiger partial charge in [0.2, 0.25) is 0 Å². The van der Waals surface area contributed by atoms with Gasteiger partial charge in [-0.05, 0) is 36.8 Å². The number of benzene rings is 2. The first-order valence-corrected chi connectivity index (χ1v) is 6.70. The summed E-state index contributed by atoms with van der Waals surface area (Å²) < 4.78 is 0. The van der Waals surface area contributed by atoms with Crippen LogP contribution in [0.5, 0.6) is 17.2 Å². The SMILES string of the molecule is CC/C(=N\NC(=O)c1ccccc1O)c1cc(O)ccc1O. The maximum absolute atomic E-state index is 12.0. The van der Waals surface area contributed by atoms with Crippen molar-refractivity contribution in [3.63, 3.8) is 0 Å². The zero-order chi connectivity index (χ0) is 16.1. The maximum Gasteiger partial charge on any atom is 0.275 e. The third kappa shape index (κ3) is 3.35. The van der Waals surface area contributed by atoms with E-state index in [1.165, 1.54) is 30.3 Å². The Hall–Kier alpha value is -3.02. The number of rotatable bonds is 4. The minimum atomic E-state index is -0.566. The van der Waals surface area contributed by atoms with E-state index >= 15 is 0 Å². The van der Waals surface area contributed by atoms with Crippen LogP contribution in [-0.2, 0) is 0 Å². The number of nitrogens with zero attached hydrogens (tertiary/aromatic N) is 1. The zero-order valence-electron chi connectivity index (χ0n) is 11.9. The van der Waals surface area contributed by atoms with Gasteiger partial charge in [0.25, 0.3) is 5.91 Å². The fourth-order valence-electron chi connectivity index (χ4n) is 1.93. The molecule has 0 aliphatic heterocycles. The molecule has 4 N–H and O–H groups in total. The van der Waals surface area contributed by atoms with Crippen LogP contribution >= 0.6 is 0 Å². The number of para-hydroxylation sites is 1. The van der Waals surface area contributed by atoms with Crippen LogP contribution in [0.4, 0.5) is 0 Å². The van der Waals surface area contributed by atoms with Gasteiger partial charge in [0, 0.05) is 5.56 Å². The molecule has 0 bridgehead atoms. The smallest absolute Gasteiger partial charge is 0.275 e. The molecule has 0 aromatic heterocycles. The quantitative estimate of drug-likeness (QED) is 0.395. The standard InChI is InChI=1S/C16H16N2O4/c1-2-13(12-9-10(19)7-8-15(12)21)17-18-16(22)11-5-3-4-6-14(11)20/h3-9,19-21H,2H2,1H3,(H,18,22)/b17-13+. The highest BCUT2D eigenvalue weighted by Gasteiger charge is 2.12. The highest BCUT2D eigenvalue weighted by molar-refractivity contribution is 6.04. The lowest BCUT2D eigenvalue weighted by molar-refractivity contribution is 0.0952. The largest absolute Gasteiger partial charge is 0.508 e. The maximum atomic E-state index is 12.0. The van der Waals surface area contributed by atoms with E-state index in [1.54, 1.807) is 19.1 Å². The fraction of sp³-hybridized carbons (Fsp3) is 0.125. The van der Waals surface area contributed by atoms with Crippen LogP contribution in [0.15, 0.2) is 47.6 Å². The lowest BCUT2D eigenvalue weighted by Gasteiger charge is -2.08. The van der Waals surface area contributed by atoms with E-state index in [2.05, 4.69) is 10.5 Å². The van der Waals surface area contributed by atoms with Gasteiger partial charge in [-0.25, -0.2) is 5.43 Å². The summed E-state index contributed by atoms with van der Waals surface area (Å²) in [5, 5.41) is 32.9. The molecule has 2 aromatic carbocycles. The molecule has 0 aliphatic carbocycles. The number of phenols is 3. The number of hydrazone groups is 1. The average Bonchev–Trinajstić information content (AvgIpc) is 2.51. The van der Waals surface area contributed by atoms with Gasteiger partial charge >= 0.3 is 0 Å². The van der Waals surface area contributed by atoms with Gasteiger partial charge in [0.05, 0.1) is 11.3 Å². The molecule has 22 heavy (non-hydrogen) atoms. The van der Waals surface area contributed by atoms with E-state index in [9.17, 15) is 20.1 Å². The number of hydrogen-bond donors (Lipinski definition) is 4. The molecule has 0 atom stereocenters. The molecule has 0 spiro atoms. The number of phenolic OH excluding ortho intramolecular Hbond substituents is 3. The Labute approximate surface area is 127 Å². The normalized spacial score (nSPS) is 11.2. The number of hydrogen-bond acceptors (Lipinski definition) is 5. The van der Waals surface area contributed by atoms with E-state index in [1.807, 2.05) is 0 Å². The van der Waals surface area contributed by atoms with Crippen molar-refractivity contribution in [3.8, 4) is 17.2 Å². The predicted molar refractivity (Wildman–Crippen MR) is 82.2 cm³/mol. The summed E-state index contributed by atoms with van der Waals surface area (Å²) >= 11 is 0. The summed E-state index contributed by atoms with van der Waals surface area (Å²) in [4.78, 5) is 12.0. The fourth-order valence-corrected chi connectivity index (χ4v) is 1.93. The number of amides is 1. The number of carbonyl (C=O) groups is 1. The Kier molecular flexibility index (Phi) is 4.63. The summed E-state index contributed by atoms with van der Waals surface area (Å²) in [6, 6.07) is 10.2. The number of nitrogens with one attached hydrogen (secondary N) is 1. The van der Waals surface area contributed by atoms with Crippen LogP contribution in [-0.4, -0.2) is 26.9 Å². The molecule has 0 radical (unpaired) electrons. The van der Waals surface area contributed by atoms with Crippen molar-refractivity contribution in [3.05, 3.63) is 53.6 Å². The summed E-state index contributed by atoms with van der Waals surface area (Å²) in [5.74, 6) is -0.770. The molecule has 0 heterocycles. The number of carbonyl (C=O) groups excluding carboxylic acids is 1. The van der Waals surface area contributed by atoms with Gasteiger partial charge < -0.3 is 15.3 Å². The van der Waals surface area contributed by atoms with Gasteiger partial charge in [0.1, 0.15) is 17.2 Å². The molecule has 0 saturated carbocycles. The Bertz CT molecular complexity index is 726. The van der Waals surface area contributed by atoms with Crippen molar-refractivity contribution in [2.75, 3.05) is 0 Å². The van der Waals surface area contributed by atoms with Crippen LogP contribution in [0.2, 0.25) is 0 Å². The highest BCUT2D eigenvalue weighted by atomic mass is 16.3. The van der Waals surface area contributed by atoms with Crippen LogP contribution < -0.4 is 5.43 Å². The van der Waals surface area contributed by atoms with Crippen molar-refractivity contribution in [1.82, 2.24) is 5.43 Å². The second-order valence-electron chi connectivity index (χ2n) is 4.57. The van der Waals surface area contributed by atoms with Gasteiger partial charge in [-0.3, -0.25) is 4.79 Å². The highest BCUT2D eigenvalue weighted by Crippen LogP contribution is 2.23. The second kappa shape index (κ2) is 6.62. The Morgan fingerprint density at radius 1 is 1.05 bits per heavy atom. The Morgan fingerprint density at radius 2 is 1.73 bits per heavy atom. The Balaban J connectivity index is 2.25. The van der Waals surface area contributed by atoms with Crippen LogP contribution in [0.1, 0.15) is 29.3 Å². The summed E-state index contributed by atoms with van der Waals surface area (Å²) in [6.07, 6.45) is 0.429. The molecule has 0 unspecified atom stereocenters. The van der Waals surface area contributed by atoms with Crippen LogP contribution in [0.25, 0.3) is 0 Å². The third-order valence-corrected chi connectivity index (χ3v) is 3.07. The summed E-state index contributed by atoms with van der Waals surface area (Å²) in [7, 11) is 0. The molecule has 114 valence electrons. The number of aromatic hydroxyl groups is 3. The van der Waals surface area contributed by atoms with Gasteiger partial charge in [-0.15, -0.1) is 0 Å². The first-order chi connectivity index (χ1) is 10.5. The average molecular weight is 300 g/mol.